The minimum atomic E-state index is -3.84. The summed E-state index contributed by atoms with van der Waals surface area (Å²) >= 11 is 0. The van der Waals surface area contributed by atoms with Crippen molar-refractivity contribution in [1.82, 2.24) is 4.72 Å². The molecule has 2 rings (SSSR count). The van der Waals surface area contributed by atoms with Gasteiger partial charge in [-0.25, -0.2) is 21.6 Å². The number of rotatable bonds is 5. The Bertz CT molecular complexity index is 604. The molecule has 0 aromatic heterocycles. The van der Waals surface area contributed by atoms with Gasteiger partial charge in [0.15, 0.2) is 9.84 Å². The van der Waals surface area contributed by atoms with Crippen LogP contribution in [0.2, 0.25) is 0 Å². The summed E-state index contributed by atoms with van der Waals surface area (Å²) in [5, 5.41) is 8.36. The first-order valence-corrected chi connectivity index (χ1v) is 10.0. The highest BCUT2D eigenvalue weighted by Crippen LogP contribution is 2.30. The maximum absolute atomic E-state index is 12.1. The smallest absolute Gasteiger partial charge is 0.311 e. The Kier molecular flexibility index (Phi) is 4.62. The van der Waals surface area contributed by atoms with Crippen LogP contribution in [0.25, 0.3) is 0 Å². The second-order valence-corrected chi connectivity index (χ2v) is 9.86. The van der Waals surface area contributed by atoms with Crippen LogP contribution in [0, 0.1) is 5.41 Å². The predicted octanol–water partition coefficient (Wildman–Crippen LogP) is -1.03. The highest BCUT2D eigenvalue weighted by molar-refractivity contribution is 7.95. The molecule has 2 aliphatic heterocycles. The van der Waals surface area contributed by atoms with Crippen molar-refractivity contribution in [1.29, 1.82) is 0 Å². The van der Waals surface area contributed by atoms with Crippen molar-refractivity contribution in [2.75, 3.05) is 31.3 Å². The maximum atomic E-state index is 12.1. The van der Waals surface area contributed by atoms with Gasteiger partial charge in [-0.15, -0.1) is 0 Å². The van der Waals surface area contributed by atoms with Crippen molar-refractivity contribution >= 4 is 25.8 Å². The van der Waals surface area contributed by atoms with E-state index in [-0.39, 0.29) is 44.8 Å². The van der Waals surface area contributed by atoms with E-state index in [4.69, 9.17) is 4.74 Å². The van der Waals surface area contributed by atoms with E-state index in [0.29, 0.717) is 0 Å². The first kappa shape index (κ1) is 16.7. The largest absolute Gasteiger partial charge is 0.481 e. The standard InChI is InChI=1S/C11H19NO7S2/c13-10(14)11(2-4-19-5-3-11)8-12-21(17,18)9-1-6-20(15,16)7-9/h9,12H,1-8H2,(H,13,14). The van der Waals surface area contributed by atoms with Crippen molar-refractivity contribution in [3.05, 3.63) is 0 Å². The number of carboxylic acids is 1. The number of hydrogen-bond acceptors (Lipinski definition) is 6. The van der Waals surface area contributed by atoms with Gasteiger partial charge in [0.1, 0.15) is 0 Å². The topological polar surface area (TPSA) is 127 Å². The third-order valence-electron chi connectivity index (χ3n) is 4.14. The fourth-order valence-electron chi connectivity index (χ4n) is 2.59. The number of sulfone groups is 1. The average Bonchev–Trinajstić information content (AvgIpc) is 2.79. The van der Waals surface area contributed by atoms with E-state index in [9.17, 15) is 26.7 Å². The Morgan fingerprint density at radius 1 is 1.33 bits per heavy atom. The summed E-state index contributed by atoms with van der Waals surface area (Å²) < 4.78 is 54.4. The fourth-order valence-corrected chi connectivity index (χ4v) is 6.76. The third kappa shape index (κ3) is 3.74. The molecular weight excluding hydrogens is 322 g/mol. The lowest BCUT2D eigenvalue weighted by Gasteiger charge is -2.33. The number of carboxylic acid groups (broad SMARTS) is 1. The van der Waals surface area contributed by atoms with Crippen LogP contribution in [0.5, 0.6) is 0 Å². The summed E-state index contributed by atoms with van der Waals surface area (Å²) in [7, 11) is -7.14. The van der Waals surface area contributed by atoms with Crippen LogP contribution in [0.3, 0.4) is 0 Å². The van der Waals surface area contributed by atoms with Crippen molar-refractivity contribution in [3.63, 3.8) is 0 Å². The van der Waals surface area contributed by atoms with Gasteiger partial charge in [0.25, 0.3) is 0 Å². The quantitative estimate of drug-likeness (QED) is 0.655. The molecule has 0 amide bonds. The summed E-state index contributed by atoms with van der Waals surface area (Å²) in [5.41, 5.74) is -1.18. The van der Waals surface area contributed by atoms with Crippen molar-refractivity contribution in [3.8, 4) is 0 Å². The molecule has 2 aliphatic rings. The van der Waals surface area contributed by atoms with E-state index in [0.717, 1.165) is 0 Å². The molecule has 0 aromatic rings. The zero-order valence-corrected chi connectivity index (χ0v) is 13.1. The zero-order valence-electron chi connectivity index (χ0n) is 11.4. The highest BCUT2D eigenvalue weighted by atomic mass is 32.2. The van der Waals surface area contributed by atoms with E-state index in [1.165, 1.54) is 0 Å². The molecule has 2 heterocycles. The summed E-state index contributed by atoms with van der Waals surface area (Å²) in [6.45, 7) is 0.308. The molecule has 0 aliphatic carbocycles. The van der Waals surface area contributed by atoms with Crippen LogP contribution in [0.4, 0.5) is 0 Å². The van der Waals surface area contributed by atoms with E-state index >= 15 is 0 Å². The van der Waals surface area contributed by atoms with Crippen molar-refractivity contribution < 1.29 is 31.5 Å². The lowest BCUT2D eigenvalue weighted by atomic mass is 9.80. The highest BCUT2D eigenvalue weighted by Gasteiger charge is 2.43. The van der Waals surface area contributed by atoms with Gasteiger partial charge in [-0.2, -0.15) is 0 Å². The normalized spacial score (nSPS) is 28.3. The second kappa shape index (κ2) is 5.82. The molecule has 0 radical (unpaired) electrons. The average molecular weight is 341 g/mol. The Hall–Kier alpha value is -0.710. The van der Waals surface area contributed by atoms with Crippen LogP contribution in [-0.4, -0.2) is 64.4 Å². The SMILES string of the molecule is O=C(O)C1(CNS(=O)(=O)C2CCS(=O)(=O)C2)CCOCC1. The van der Waals surface area contributed by atoms with E-state index in [1.54, 1.807) is 0 Å². The molecule has 2 fully saturated rings. The fraction of sp³-hybridized carbons (Fsp3) is 0.909. The molecular formula is C11H19NO7S2. The molecule has 8 nitrogen and oxygen atoms in total. The van der Waals surface area contributed by atoms with Crippen LogP contribution >= 0.6 is 0 Å². The predicted molar refractivity (Wildman–Crippen MR) is 74.1 cm³/mol. The van der Waals surface area contributed by atoms with Gasteiger partial charge in [0, 0.05) is 19.8 Å². The summed E-state index contributed by atoms with van der Waals surface area (Å²) in [4.78, 5) is 11.4. The van der Waals surface area contributed by atoms with E-state index < -0.39 is 42.2 Å². The molecule has 0 saturated carbocycles. The molecule has 0 spiro atoms. The molecule has 0 bridgehead atoms. The monoisotopic (exact) mass is 341 g/mol. The van der Waals surface area contributed by atoms with Gasteiger partial charge in [0.2, 0.25) is 10.0 Å². The van der Waals surface area contributed by atoms with Gasteiger partial charge in [-0.3, -0.25) is 4.79 Å². The Morgan fingerprint density at radius 2 is 1.95 bits per heavy atom. The zero-order chi connectivity index (χ0) is 15.7. The van der Waals surface area contributed by atoms with Gasteiger partial charge < -0.3 is 9.84 Å². The Balaban J connectivity index is 2.05. The molecule has 1 atom stereocenters. The third-order valence-corrected chi connectivity index (χ3v) is 7.95. The molecule has 2 N–H and O–H groups in total. The van der Waals surface area contributed by atoms with Crippen LogP contribution in [0.15, 0.2) is 0 Å². The minimum Gasteiger partial charge on any atom is -0.481 e. The van der Waals surface area contributed by atoms with Gasteiger partial charge in [-0.1, -0.05) is 0 Å². The molecule has 2 saturated heterocycles. The van der Waals surface area contributed by atoms with Gasteiger partial charge in [0.05, 0.1) is 22.2 Å². The maximum Gasteiger partial charge on any atom is 0.311 e. The first-order valence-electron chi connectivity index (χ1n) is 6.67. The number of aliphatic carboxylic acids is 1. The number of nitrogens with one attached hydrogen (secondary N) is 1. The van der Waals surface area contributed by atoms with Crippen molar-refractivity contribution in [2.24, 2.45) is 5.41 Å². The number of ether oxygens (including phenoxy) is 1. The van der Waals surface area contributed by atoms with Gasteiger partial charge >= 0.3 is 5.97 Å². The Morgan fingerprint density at radius 3 is 2.43 bits per heavy atom. The summed E-state index contributed by atoms with van der Waals surface area (Å²) in [5.74, 6) is -1.60. The Labute approximate surface area is 123 Å². The second-order valence-electron chi connectivity index (χ2n) is 5.59. The number of hydrogen-bond donors (Lipinski definition) is 2. The summed E-state index contributed by atoms with van der Waals surface area (Å²) in [6.07, 6.45) is 0.516. The van der Waals surface area contributed by atoms with Gasteiger partial charge in [-0.05, 0) is 19.3 Å². The lowest BCUT2D eigenvalue weighted by molar-refractivity contribution is -0.154. The van der Waals surface area contributed by atoms with Crippen LogP contribution in [-0.2, 0) is 29.4 Å². The first-order chi connectivity index (χ1) is 9.67. The van der Waals surface area contributed by atoms with E-state index in [1.807, 2.05) is 0 Å². The summed E-state index contributed by atoms with van der Waals surface area (Å²) in [6, 6.07) is 0. The number of carbonyl (C=O) groups is 1. The van der Waals surface area contributed by atoms with Crippen LogP contribution in [0.1, 0.15) is 19.3 Å². The molecule has 21 heavy (non-hydrogen) atoms. The van der Waals surface area contributed by atoms with Crippen LogP contribution < -0.4 is 4.72 Å². The van der Waals surface area contributed by atoms with Crippen molar-refractivity contribution in [2.45, 2.75) is 24.5 Å². The molecule has 1 unspecified atom stereocenters. The molecule has 10 heteroatoms. The lowest BCUT2D eigenvalue weighted by Crippen LogP contribution is -2.48. The van der Waals surface area contributed by atoms with E-state index in [2.05, 4.69) is 4.72 Å². The minimum absolute atomic E-state index is 0.0564. The number of sulfonamides is 1. The molecule has 122 valence electrons. The molecule has 0 aromatic carbocycles.